The van der Waals surface area contributed by atoms with Gasteiger partial charge in [-0.25, -0.2) is 9.37 Å². The van der Waals surface area contributed by atoms with E-state index in [0.717, 1.165) is 17.4 Å². The van der Waals surface area contributed by atoms with Crippen LogP contribution in [0, 0.1) is 5.82 Å². The highest BCUT2D eigenvalue weighted by Gasteiger charge is 2.28. The van der Waals surface area contributed by atoms with Gasteiger partial charge in [0.1, 0.15) is 24.3 Å². The summed E-state index contributed by atoms with van der Waals surface area (Å²) in [7, 11) is 0. The van der Waals surface area contributed by atoms with E-state index in [2.05, 4.69) is 4.98 Å². The van der Waals surface area contributed by atoms with Crippen LogP contribution < -0.4 is 5.56 Å². The summed E-state index contributed by atoms with van der Waals surface area (Å²) in [5.74, 6) is -1.67. The molecule has 128 valence electrons. The SMILES string of the molecule is O=C(O)Cn1cnc2c(c(-c3ccc(F)c(Cl)c3)cn2C2CC2)c1=O. The highest BCUT2D eigenvalue weighted by molar-refractivity contribution is 6.31. The van der Waals surface area contributed by atoms with E-state index in [9.17, 15) is 14.0 Å². The molecule has 1 aromatic carbocycles. The first-order chi connectivity index (χ1) is 12.0. The third kappa shape index (κ3) is 2.70. The van der Waals surface area contributed by atoms with Crippen molar-refractivity contribution in [3.63, 3.8) is 0 Å². The Kier molecular flexibility index (Phi) is 3.61. The highest BCUT2D eigenvalue weighted by atomic mass is 35.5. The van der Waals surface area contributed by atoms with Gasteiger partial charge in [0.05, 0.1) is 10.4 Å². The number of hydrogen-bond donors (Lipinski definition) is 1. The van der Waals surface area contributed by atoms with E-state index in [1.165, 1.54) is 18.5 Å². The molecular formula is C17H13ClFN3O3. The summed E-state index contributed by atoms with van der Waals surface area (Å²) in [4.78, 5) is 28.1. The number of benzene rings is 1. The normalized spacial score (nSPS) is 14.2. The maximum atomic E-state index is 13.5. The Morgan fingerprint density at radius 1 is 1.40 bits per heavy atom. The highest BCUT2D eigenvalue weighted by Crippen LogP contribution is 2.40. The molecule has 0 spiro atoms. The van der Waals surface area contributed by atoms with Gasteiger partial charge < -0.3 is 9.67 Å². The molecule has 1 aliphatic carbocycles. The van der Waals surface area contributed by atoms with E-state index < -0.39 is 23.9 Å². The molecule has 0 saturated heterocycles. The zero-order valence-corrected chi connectivity index (χ0v) is 13.7. The number of aliphatic carboxylic acids is 1. The van der Waals surface area contributed by atoms with E-state index in [0.29, 0.717) is 22.2 Å². The molecule has 25 heavy (non-hydrogen) atoms. The van der Waals surface area contributed by atoms with E-state index in [4.69, 9.17) is 16.7 Å². The van der Waals surface area contributed by atoms with Crippen molar-refractivity contribution in [2.24, 2.45) is 0 Å². The molecule has 6 nitrogen and oxygen atoms in total. The molecule has 1 fully saturated rings. The standard InChI is InChI=1S/C17H13ClFN3O3/c18-12-5-9(1-4-13(12)19)11-6-22(10-2-3-10)16-15(11)17(25)21(8-20-16)7-14(23)24/h1,4-6,8,10H,2-3,7H2,(H,23,24). The summed E-state index contributed by atoms with van der Waals surface area (Å²) < 4.78 is 16.5. The van der Waals surface area contributed by atoms with Crippen molar-refractivity contribution in [3.8, 4) is 11.1 Å². The van der Waals surface area contributed by atoms with Crippen molar-refractivity contribution in [1.29, 1.82) is 0 Å². The molecule has 1 aliphatic rings. The van der Waals surface area contributed by atoms with Crippen molar-refractivity contribution < 1.29 is 14.3 Å². The number of rotatable bonds is 4. The van der Waals surface area contributed by atoms with E-state index >= 15 is 0 Å². The largest absolute Gasteiger partial charge is 0.480 e. The number of hydrogen-bond acceptors (Lipinski definition) is 3. The lowest BCUT2D eigenvalue weighted by atomic mass is 10.1. The topological polar surface area (TPSA) is 77.1 Å². The number of aromatic nitrogens is 3. The Labute approximate surface area is 146 Å². The Morgan fingerprint density at radius 2 is 2.16 bits per heavy atom. The van der Waals surface area contributed by atoms with Crippen LogP contribution in [-0.2, 0) is 11.3 Å². The van der Waals surface area contributed by atoms with Gasteiger partial charge in [0.25, 0.3) is 5.56 Å². The average molecular weight is 362 g/mol. The number of halogens is 2. The van der Waals surface area contributed by atoms with Crippen molar-refractivity contribution in [2.45, 2.75) is 25.4 Å². The molecule has 2 aromatic heterocycles. The van der Waals surface area contributed by atoms with Gasteiger partial charge in [-0.2, -0.15) is 0 Å². The number of nitrogens with zero attached hydrogens (tertiary/aromatic N) is 3. The van der Waals surface area contributed by atoms with Crippen LogP contribution in [0.25, 0.3) is 22.2 Å². The van der Waals surface area contributed by atoms with Gasteiger partial charge in [0.2, 0.25) is 0 Å². The predicted octanol–water partition coefficient (Wildman–Crippen LogP) is 3.08. The summed E-state index contributed by atoms with van der Waals surface area (Å²) in [5, 5.41) is 9.24. The van der Waals surface area contributed by atoms with Gasteiger partial charge in [-0.3, -0.25) is 14.2 Å². The van der Waals surface area contributed by atoms with Crippen LogP contribution in [0.4, 0.5) is 4.39 Å². The van der Waals surface area contributed by atoms with Crippen LogP contribution in [0.1, 0.15) is 18.9 Å². The molecule has 1 N–H and O–H groups in total. The molecule has 1 saturated carbocycles. The summed E-state index contributed by atoms with van der Waals surface area (Å²) >= 11 is 5.88. The molecule has 0 unspecified atom stereocenters. The average Bonchev–Trinajstić information content (AvgIpc) is 3.33. The minimum absolute atomic E-state index is 0.0421. The number of carbonyl (C=O) groups is 1. The van der Waals surface area contributed by atoms with Gasteiger partial charge >= 0.3 is 5.97 Å². The maximum absolute atomic E-state index is 13.5. The van der Waals surface area contributed by atoms with E-state index in [1.807, 2.05) is 10.8 Å². The molecular weight excluding hydrogens is 349 g/mol. The first-order valence-electron chi connectivity index (χ1n) is 7.73. The lowest BCUT2D eigenvalue weighted by Gasteiger charge is -2.04. The first kappa shape index (κ1) is 15.8. The Hall–Kier alpha value is -2.67. The molecule has 0 bridgehead atoms. The van der Waals surface area contributed by atoms with Crippen molar-refractivity contribution in [2.75, 3.05) is 0 Å². The molecule has 0 radical (unpaired) electrons. The monoisotopic (exact) mass is 361 g/mol. The fraction of sp³-hybridized carbons (Fsp3) is 0.235. The quantitative estimate of drug-likeness (QED) is 0.774. The predicted molar refractivity (Wildman–Crippen MR) is 90.3 cm³/mol. The zero-order valence-electron chi connectivity index (χ0n) is 12.9. The molecule has 3 aromatic rings. The third-order valence-electron chi connectivity index (χ3n) is 4.28. The van der Waals surface area contributed by atoms with Gasteiger partial charge in [-0.1, -0.05) is 17.7 Å². The van der Waals surface area contributed by atoms with Crippen molar-refractivity contribution >= 4 is 28.6 Å². The molecule has 8 heteroatoms. The van der Waals surface area contributed by atoms with E-state index in [1.54, 1.807) is 6.07 Å². The summed E-state index contributed by atoms with van der Waals surface area (Å²) in [6.45, 7) is -0.472. The fourth-order valence-electron chi connectivity index (χ4n) is 2.95. The summed E-state index contributed by atoms with van der Waals surface area (Å²) in [6.07, 6.45) is 5.05. The number of carboxylic acids is 1. The molecule has 2 heterocycles. The first-order valence-corrected chi connectivity index (χ1v) is 8.10. The minimum atomic E-state index is -1.13. The Bertz CT molecular complexity index is 1070. The second kappa shape index (κ2) is 5.70. The van der Waals surface area contributed by atoms with Crippen LogP contribution in [0.3, 0.4) is 0 Å². The number of fused-ring (bicyclic) bond motifs is 1. The van der Waals surface area contributed by atoms with E-state index in [-0.39, 0.29) is 11.1 Å². The molecule has 4 rings (SSSR count). The van der Waals surface area contributed by atoms with Gasteiger partial charge in [-0.05, 0) is 30.5 Å². The van der Waals surface area contributed by atoms with Crippen molar-refractivity contribution in [1.82, 2.24) is 14.1 Å². The smallest absolute Gasteiger partial charge is 0.323 e. The number of carboxylic acid groups (broad SMARTS) is 1. The van der Waals surface area contributed by atoms with Crippen LogP contribution >= 0.6 is 11.6 Å². The van der Waals surface area contributed by atoms with Crippen LogP contribution in [0.5, 0.6) is 0 Å². The fourth-order valence-corrected chi connectivity index (χ4v) is 3.13. The second-order valence-corrected chi connectivity index (χ2v) is 6.49. The van der Waals surface area contributed by atoms with Crippen LogP contribution in [0.15, 0.2) is 35.5 Å². The Morgan fingerprint density at radius 3 is 2.80 bits per heavy atom. The third-order valence-corrected chi connectivity index (χ3v) is 4.57. The lowest BCUT2D eigenvalue weighted by molar-refractivity contribution is -0.137. The zero-order chi connectivity index (χ0) is 17.7. The Balaban J connectivity index is 2.00. The lowest BCUT2D eigenvalue weighted by Crippen LogP contribution is -2.24. The summed E-state index contributed by atoms with van der Waals surface area (Å²) in [6, 6.07) is 4.51. The molecule has 0 aliphatic heterocycles. The van der Waals surface area contributed by atoms with Gasteiger partial charge in [0.15, 0.2) is 0 Å². The van der Waals surface area contributed by atoms with Crippen molar-refractivity contribution in [3.05, 3.63) is 51.9 Å². The summed E-state index contributed by atoms with van der Waals surface area (Å²) in [5.41, 5.74) is 1.22. The maximum Gasteiger partial charge on any atom is 0.323 e. The van der Waals surface area contributed by atoms with Gasteiger partial charge in [0, 0.05) is 17.8 Å². The van der Waals surface area contributed by atoms with Crippen LogP contribution in [0.2, 0.25) is 5.02 Å². The van der Waals surface area contributed by atoms with Gasteiger partial charge in [-0.15, -0.1) is 0 Å². The molecule has 0 amide bonds. The second-order valence-electron chi connectivity index (χ2n) is 6.08. The minimum Gasteiger partial charge on any atom is -0.480 e. The van der Waals surface area contributed by atoms with Crippen LogP contribution in [-0.4, -0.2) is 25.2 Å². The molecule has 0 atom stereocenters.